The molecule has 1 aliphatic heterocycles. The Kier molecular flexibility index (Phi) is 5.75. The van der Waals surface area contributed by atoms with Crippen LogP contribution in [-0.4, -0.2) is 37.6 Å². The minimum absolute atomic E-state index is 0.0764. The van der Waals surface area contributed by atoms with Crippen molar-refractivity contribution in [2.75, 3.05) is 12.3 Å². The zero-order chi connectivity index (χ0) is 17.0. The highest BCUT2D eigenvalue weighted by molar-refractivity contribution is 7.89. The highest BCUT2D eigenvalue weighted by Gasteiger charge is 2.33. The van der Waals surface area contributed by atoms with Crippen molar-refractivity contribution in [1.29, 1.82) is 0 Å². The van der Waals surface area contributed by atoms with Crippen LogP contribution in [0.5, 0.6) is 0 Å². The van der Waals surface area contributed by atoms with E-state index in [2.05, 4.69) is 0 Å². The van der Waals surface area contributed by atoms with Gasteiger partial charge in [-0.1, -0.05) is 25.1 Å². The number of carbonyl (C=O) groups excluding carboxylic acids is 1. The van der Waals surface area contributed by atoms with Crippen LogP contribution in [0.2, 0.25) is 0 Å². The van der Waals surface area contributed by atoms with Crippen molar-refractivity contribution in [2.24, 2.45) is 11.1 Å². The van der Waals surface area contributed by atoms with Gasteiger partial charge in [-0.15, -0.1) is 0 Å². The topological polar surface area (TPSA) is 80.5 Å². The molecule has 1 heterocycles. The summed E-state index contributed by atoms with van der Waals surface area (Å²) >= 11 is 0. The van der Waals surface area contributed by atoms with Gasteiger partial charge in [-0.3, -0.25) is 4.79 Å². The third-order valence-electron chi connectivity index (χ3n) is 4.31. The standard InChI is InChI=1S/C16H23FN2O3S/c1-12(8-9-13-5-2-3-7-15(13)17)16(20)19-10-4-6-14(19)11-23(18,21)22/h2-3,5,7,12,14H,4,6,8-11H2,1H3,(H2,18,21,22). The molecule has 1 saturated heterocycles. The summed E-state index contributed by atoms with van der Waals surface area (Å²) in [5.41, 5.74) is 0.592. The number of rotatable bonds is 6. The Labute approximate surface area is 136 Å². The van der Waals surface area contributed by atoms with Crippen molar-refractivity contribution in [1.82, 2.24) is 4.90 Å². The van der Waals surface area contributed by atoms with E-state index in [0.29, 0.717) is 31.4 Å². The fraction of sp³-hybridized carbons (Fsp3) is 0.562. The highest BCUT2D eigenvalue weighted by atomic mass is 32.2. The molecule has 128 valence electrons. The number of amides is 1. The van der Waals surface area contributed by atoms with Gasteiger partial charge in [-0.05, 0) is 37.3 Å². The lowest BCUT2D eigenvalue weighted by Crippen LogP contribution is -2.43. The van der Waals surface area contributed by atoms with Crippen LogP contribution in [-0.2, 0) is 21.2 Å². The summed E-state index contributed by atoms with van der Waals surface area (Å²) < 4.78 is 36.2. The third-order valence-corrected chi connectivity index (χ3v) is 5.16. The zero-order valence-electron chi connectivity index (χ0n) is 13.2. The first-order chi connectivity index (χ1) is 10.8. The lowest BCUT2D eigenvalue weighted by atomic mass is 9.99. The minimum atomic E-state index is -3.60. The molecule has 0 spiro atoms. The van der Waals surface area contributed by atoms with E-state index in [4.69, 9.17) is 5.14 Å². The van der Waals surface area contributed by atoms with Crippen molar-refractivity contribution >= 4 is 15.9 Å². The second-order valence-corrected chi connectivity index (χ2v) is 7.85. The summed E-state index contributed by atoms with van der Waals surface area (Å²) in [5, 5.41) is 5.10. The summed E-state index contributed by atoms with van der Waals surface area (Å²) in [6, 6.07) is 6.19. The Hall–Kier alpha value is -1.47. The number of hydrogen-bond donors (Lipinski definition) is 1. The molecular formula is C16H23FN2O3S. The Morgan fingerprint density at radius 1 is 1.43 bits per heavy atom. The van der Waals surface area contributed by atoms with Crippen LogP contribution in [0, 0.1) is 11.7 Å². The Balaban J connectivity index is 1.95. The van der Waals surface area contributed by atoms with Crippen molar-refractivity contribution in [3.8, 4) is 0 Å². The van der Waals surface area contributed by atoms with E-state index in [-0.39, 0.29) is 29.4 Å². The number of sulfonamides is 1. The Bertz CT molecular complexity index is 663. The first-order valence-corrected chi connectivity index (χ1v) is 9.54. The normalized spacial score (nSPS) is 19.8. The van der Waals surface area contributed by atoms with Crippen LogP contribution in [0.4, 0.5) is 4.39 Å². The molecule has 1 fully saturated rings. The van der Waals surface area contributed by atoms with E-state index in [9.17, 15) is 17.6 Å². The molecule has 2 atom stereocenters. The maximum absolute atomic E-state index is 13.6. The van der Waals surface area contributed by atoms with E-state index in [1.165, 1.54) is 6.07 Å². The second kappa shape index (κ2) is 7.40. The molecular weight excluding hydrogens is 319 g/mol. The Morgan fingerprint density at radius 2 is 2.13 bits per heavy atom. The van der Waals surface area contributed by atoms with Gasteiger partial charge in [-0.2, -0.15) is 0 Å². The molecule has 1 amide bonds. The number of nitrogens with zero attached hydrogens (tertiary/aromatic N) is 1. The van der Waals surface area contributed by atoms with Crippen molar-refractivity contribution in [3.05, 3.63) is 35.6 Å². The number of halogens is 1. The number of likely N-dealkylation sites (tertiary alicyclic amines) is 1. The number of hydrogen-bond acceptors (Lipinski definition) is 3. The van der Waals surface area contributed by atoms with Gasteiger partial charge >= 0.3 is 0 Å². The molecule has 1 aromatic carbocycles. The van der Waals surface area contributed by atoms with E-state index >= 15 is 0 Å². The third kappa shape index (κ3) is 5.00. The van der Waals surface area contributed by atoms with E-state index in [0.717, 1.165) is 6.42 Å². The smallest absolute Gasteiger partial charge is 0.225 e. The highest BCUT2D eigenvalue weighted by Crippen LogP contribution is 2.23. The number of primary sulfonamides is 1. The van der Waals surface area contributed by atoms with Crippen molar-refractivity contribution in [3.63, 3.8) is 0 Å². The maximum atomic E-state index is 13.6. The minimum Gasteiger partial charge on any atom is -0.338 e. The molecule has 1 aliphatic rings. The molecule has 5 nitrogen and oxygen atoms in total. The Morgan fingerprint density at radius 3 is 2.78 bits per heavy atom. The average Bonchev–Trinajstić information content (AvgIpc) is 2.91. The van der Waals surface area contributed by atoms with Gasteiger partial charge in [0.15, 0.2) is 0 Å². The molecule has 7 heteroatoms. The molecule has 0 saturated carbocycles. The van der Waals surface area contributed by atoms with E-state index in [1.54, 1.807) is 30.0 Å². The molecule has 0 bridgehead atoms. The number of aryl methyl sites for hydroxylation is 1. The van der Waals surface area contributed by atoms with E-state index in [1.807, 2.05) is 0 Å². The van der Waals surface area contributed by atoms with Gasteiger partial charge < -0.3 is 4.90 Å². The molecule has 0 aromatic heterocycles. The fourth-order valence-corrected chi connectivity index (χ4v) is 3.93. The first-order valence-electron chi connectivity index (χ1n) is 7.82. The number of nitrogens with two attached hydrogens (primary N) is 1. The largest absolute Gasteiger partial charge is 0.338 e. The fourth-order valence-electron chi connectivity index (χ4n) is 3.05. The summed E-state index contributed by atoms with van der Waals surface area (Å²) in [5.74, 6) is -0.817. The second-order valence-electron chi connectivity index (χ2n) is 6.19. The molecule has 2 unspecified atom stereocenters. The quantitative estimate of drug-likeness (QED) is 0.854. The maximum Gasteiger partial charge on any atom is 0.225 e. The van der Waals surface area contributed by atoms with Gasteiger partial charge in [0.1, 0.15) is 5.82 Å². The first kappa shape index (κ1) is 17.9. The lowest BCUT2D eigenvalue weighted by Gasteiger charge is -2.27. The van der Waals surface area contributed by atoms with Crippen molar-refractivity contribution in [2.45, 2.75) is 38.6 Å². The number of benzene rings is 1. The zero-order valence-corrected chi connectivity index (χ0v) is 14.1. The van der Waals surface area contributed by atoms with Crippen LogP contribution in [0.15, 0.2) is 24.3 Å². The SMILES string of the molecule is CC(CCc1ccccc1F)C(=O)N1CCCC1CS(N)(=O)=O. The summed E-state index contributed by atoms with van der Waals surface area (Å²) in [6.45, 7) is 2.36. The molecule has 2 rings (SSSR count). The van der Waals surface area contributed by atoms with Crippen LogP contribution in [0.25, 0.3) is 0 Å². The van der Waals surface area contributed by atoms with Crippen LogP contribution in [0.3, 0.4) is 0 Å². The summed E-state index contributed by atoms with van der Waals surface area (Å²) in [6.07, 6.45) is 2.44. The summed E-state index contributed by atoms with van der Waals surface area (Å²) in [7, 11) is -3.60. The molecule has 0 aliphatic carbocycles. The molecule has 23 heavy (non-hydrogen) atoms. The van der Waals surface area contributed by atoms with Gasteiger partial charge in [0.05, 0.1) is 5.75 Å². The molecule has 2 N–H and O–H groups in total. The monoisotopic (exact) mass is 342 g/mol. The van der Waals surface area contributed by atoms with Gasteiger partial charge in [0.25, 0.3) is 0 Å². The molecule has 0 radical (unpaired) electrons. The van der Waals surface area contributed by atoms with Gasteiger partial charge in [0, 0.05) is 18.5 Å². The predicted octanol–water partition coefficient (Wildman–Crippen LogP) is 1.67. The van der Waals surface area contributed by atoms with Gasteiger partial charge in [-0.25, -0.2) is 17.9 Å². The average molecular weight is 342 g/mol. The predicted molar refractivity (Wildman–Crippen MR) is 86.6 cm³/mol. The van der Waals surface area contributed by atoms with Crippen molar-refractivity contribution < 1.29 is 17.6 Å². The molecule has 1 aromatic rings. The lowest BCUT2D eigenvalue weighted by molar-refractivity contribution is -0.135. The summed E-state index contributed by atoms with van der Waals surface area (Å²) in [4.78, 5) is 14.2. The van der Waals surface area contributed by atoms with Crippen LogP contribution in [0.1, 0.15) is 31.7 Å². The van der Waals surface area contributed by atoms with E-state index < -0.39 is 10.0 Å². The van der Waals surface area contributed by atoms with Crippen LogP contribution >= 0.6 is 0 Å². The van der Waals surface area contributed by atoms with Crippen LogP contribution < -0.4 is 5.14 Å². The number of carbonyl (C=O) groups is 1. The van der Waals surface area contributed by atoms with Gasteiger partial charge in [0.2, 0.25) is 15.9 Å².